The Labute approximate surface area is 104 Å². The summed E-state index contributed by atoms with van der Waals surface area (Å²) < 4.78 is 26.1. The Balaban J connectivity index is 2.24. The van der Waals surface area contributed by atoms with E-state index in [4.69, 9.17) is 5.11 Å². The summed E-state index contributed by atoms with van der Waals surface area (Å²) in [6.07, 6.45) is 1.23. The van der Waals surface area contributed by atoms with Crippen LogP contribution in [0.2, 0.25) is 0 Å². The highest BCUT2D eigenvalue weighted by atomic mass is 32.2. The molecule has 1 aliphatic heterocycles. The topological polar surface area (TPSA) is 74.7 Å². The molecular formula is C10H13NO4S2. The minimum Gasteiger partial charge on any atom is -0.481 e. The largest absolute Gasteiger partial charge is 0.481 e. The number of nitrogens with zero attached hydrogens (tertiary/aromatic N) is 1. The Morgan fingerprint density at radius 3 is 2.94 bits per heavy atom. The summed E-state index contributed by atoms with van der Waals surface area (Å²) in [5, 5.41) is 10.5. The molecule has 5 nitrogen and oxygen atoms in total. The van der Waals surface area contributed by atoms with Crippen LogP contribution in [0.25, 0.3) is 0 Å². The zero-order valence-electron chi connectivity index (χ0n) is 9.07. The Morgan fingerprint density at radius 1 is 1.59 bits per heavy atom. The minimum atomic E-state index is -3.50. The first kappa shape index (κ1) is 12.5. The highest BCUT2D eigenvalue weighted by Gasteiger charge is 2.36. The fraction of sp³-hybridized carbons (Fsp3) is 0.500. The molecule has 1 N–H and O–H groups in total. The van der Waals surface area contributed by atoms with Gasteiger partial charge in [-0.15, -0.1) is 11.3 Å². The zero-order valence-corrected chi connectivity index (χ0v) is 10.7. The normalized spacial score (nSPS) is 21.8. The monoisotopic (exact) mass is 275 g/mol. The second-order valence-corrected chi connectivity index (χ2v) is 7.01. The van der Waals surface area contributed by atoms with E-state index in [1.54, 1.807) is 17.5 Å². The Morgan fingerprint density at radius 2 is 2.35 bits per heavy atom. The second-order valence-electron chi connectivity index (χ2n) is 3.94. The van der Waals surface area contributed by atoms with Crippen molar-refractivity contribution in [1.29, 1.82) is 0 Å². The molecule has 1 fully saturated rings. The van der Waals surface area contributed by atoms with E-state index in [-0.39, 0.29) is 10.6 Å². The molecule has 0 bridgehead atoms. The Bertz CT molecular complexity index is 494. The first-order chi connectivity index (χ1) is 8.01. The Kier molecular flexibility index (Phi) is 3.50. The molecule has 0 amide bonds. The van der Waals surface area contributed by atoms with Crippen LogP contribution in [0.15, 0.2) is 21.7 Å². The van der Waals surface area contributed by atoms with E-state index in [0.29, 0.717) is 13.0 Å². The maximum Gasteiger partial charge on any atom is 0.304 e. The van der Waals surface area contributed by atoms with E-state index >= 15 is 0 Å². The molecule has 0 aromatic carbocycles. The fourth-order valence-electron chi connectivity index (χ4n) is 2.06. The van der Waals surface area contributed by atoms with Gasteiger partial charge in [-0.2, -0.15) is 4.31 Å². The highest BCUT2D eigenvalue weighted by Crippen LogP contribution is 2.29. The summed E-state index contributed by atoms with van der Waals surface area (Å²) in [4.78, 5) is 10.7. The first-order valence-electron chi connectivity index (χ1n) is 5.29. The summed E-state index contributed by atoms with van der Waals surface area (Å²) in [5.41, 5.74) is 0. The van der Waals surface area contributed by atoms with Gasteiger partial charge in [-0.05, 0) is 24.3 Å². The number of thiophene rings is 1. The molecule has 0 spiro atoms. The zero-order chi connectivity index (χ0) is 12.5. The lowest BCUT2D eigenvalue weighted by atomic mass is 10.2. The van der Waals surface area contributed by atoms with Crippen molar-refractivity contribution in [3.05, 3.63) is 17.5 Å². The summed E-state index contributed by atoms with van der Waals surface area (Å²) in [5.74, 6) is -0.955. The average Bonchev–Trinajstić information content (AvgIpc) is 2.85. The highest BCUT2D eigenvalue weighted by molar-refractivity contribution is 7.91. The lowest BCUT2D eigenvalue weighted by molar-refractivity contribution is -0.137. The maximum absolute atomic E-state index is 12.2. The van der Waals surface area contributed by atoms with E-state index in [9.17, 15) is 13.2 Å². The van der Waals surface area contributed by atoms with Crippen LogP contribution in [-0.4, -0.2) is 36.4 Å². The third kappa shape index (κ3) is 2.51. The summed E-state index contributed by atoms with van der Waals surface area (Å²) in [6, 6.07) is 2.83. The molecule has 1 aliphatic rings. The van der Waals surface area contributed by atoms with Gasteiger partial charge < -0.3 is 5.11 Å². The predicted octanol–water partition coefficient (Wildman–Crippen LogP) is 1.38. The molecule has 17 heavy (non-hydrogen) atoms. The predicted molar refractivity (Wildman–Crippen MR) is 63.5 cm³/mol. The fourth-order valence-corrected chi connectivity index (χ4v) is 4.87. The molecule has 94 valence electrons. The van der Waals surface area contributed by atoms with Crippen LogP contribution in [-0.2, 0) is 14.8 Å². The van der Waals surface area contributed by atoms with Crippen molar-refractivity contribution in [1.82, 2.24) is 4.31 Å². The standard InChI is InChI=1S/C10H13NO4S2/c12-9(13)7-8-3-1-5-11(8)17(14,15)10-4-2-6-16-10/h2,4,6,8H,1,3,5,7H2,(H,12,13). The van der Waals surface area contributed by atoms with Crippen molar-refractivity contribution >= 4 is 27.3 Å². The van der Waals surface area contributed by atoms with Gasteiger partial charge in [0, 0.05) is 12.6 Å². The first-order valence-corrected chi connectivity index (χ1v) is 7.61. The van der Waals surface area contributed by atoms with Crippen LogP contribution < -0.4 is 0 Å². The van der Waals surface area contributed by atoms with Gasteiger partial charge in [0.15, 0.2) is 0 Å². The number of aliphatic carboxylic acids is 1. The third-order valence-corrected chi connectivity index (χ3v) is 6.12. The van der Waals surface area contributed by atoms with Crippen molar-refractivity contribution < 1.29 is 18.3 Å². The van der Waals surface area contributed by atoms with E-state index in [1.807, 2.05) is 0 Å². The summed E-state index contributed by atoms with van der Waals surface area (Å²) in [6.45, 7) is 0.415. The van der Waals surface area contributed by atoms with Gasteiger partial charge in [0.1, 0.15) is 4.21 Å². The van der Waals surface area contributed by atoms with Crippen LogP contribution in [0.5, 0.6) is 0 Å². The molecule has 0 saturated carbocycles. The molecular weight excluding hydrogens is 262 g/mol. The molecule has 0 aliphatic carbocycles. The van der Waals surface area contributed by atoms with E-state index < -0.39 is 22.0 Å². The Hall–Kier alpha value is -0.920. The summed E-state index contributed by atoms with van der Waals surface area (Å²) >= 11 is 1.16. The number of rotatable bonds is 4. The van der Waals surface area contributed by atoms with E-state index in [1.165, 1.54) is 4.31 Å². The van der Waals surface area contributed by atoms with Crippen LogP contribution in [0.3, 0.4) is 0 Å². The summed E-state index contributed by atoms with van der Waals surface area (Å²) in [7, 11) is -3.50. The van der Waals surface area contributed by atoms with Crippen LogP contribution in [0.1, 0.15) is 19.3 Å². The van der Waals surface area contributed by atoms with Crippen molar-refractivity contribution in [2.75, 3.05) is 6.54 Å². The van der Waals surface area contributed by atoms with Gasteiger partial charge in [0.2, 0.25) is 0 Å². The molecule has 0 radical (unpaired) electrons. The van der Waals surface area contributed by atoms with Gasteiger partial charge in [-0.25, -0.2) is 8.42 Å². The minimum absolute atomic E-state index is 0.120. The average molecular weight is 275 g/mol. The number of sulfonamides is 1. The molecule has 1 aromatic heterocycles. The van der Waals surface area contributed by atoms with Crippen molar-refractivity contribution in [3.8, 4) is 0 Å². The quantitative estimate of drug-likeness (QED) is 0.900. The molecule has 1 saturated heterocycles. The van der Waals surface area contributed by atoms with Crippen LogP contribution >= 0.6 is 11.3 Å². The van der Waals surface area contributed by atoms with Crippen molar-refractivity contribution in [2.24, 2.45) is 0 Å². The molecule has 7 heteroatoms. The van der Waals surface area contributed by atoms with E-state index in [2.05, 4.69) is 0 Å². The van der Waals surface area contributed by atoms with Crippen LogP contribution in [0.4, 0.5) is 0 Å². The third-order valence-electron chi connectivity index (χ3n) is 2.79. The number of carboxylic acid groups (broad SMARTS) is 1. The number of carboxylic acids is 1. The maximum atomic E-state index is 12.2. The van der Waals surface area contributed by atoms with Gasteiger partial charge in [0.05, 0.1) is 6.42 Å². The van der Waals surface area contributed by atoms with Crippen molar-refractivity contribution in [2.45, 2.75) is 29.5 Å². The number of hydrogen-bond donors (Lipinski definition) is 1. The van der Waals surface area contributed by atoms with Crippen molar-refractivity contribution in [3.63, 3.8) is 0 Å². The lowest BCUT2D eigenvalue weighted by Crippen LogP contribution is -2.36. The number of carbonyl (C=O) groups is 1. The van der Waals surface area contributed by atoms with E-state index in [0.717, 1.165) is 17.8 Å². The second kappa shape index (κ2) is 4.75. The molecule has 1 unspecified atom stereocenters. The molecule has 1 aromatic rings. The van der Waals surface area contributed by atoms with Gasteiger partial charge in [-0.3, -0.25) is 4.79 Å². The number of hydrogen-bond acceptors (Lipinski definition) is 4. The van der Waals surface area contributed by atoms with Gasteiger partial charge >= 0.3 is 5.97 Å². The van der Waals surface area contributed by atoms with Gasteiger partial charge in [0.25, 0.3) is 10.0 Å². The molecule has 2 rings (SSSR count). The van der Waals surface area contributed by atoms with Gasteiger partial charge in [-0.1, -0.05) is 6.07 Å². The molecule has 1 atom stereocenters. The lowest BCUT2D eigenvalue weighted by Gasteiger charge is -2.21. The SMILES string of the molecule is O=C(O)CC1CCCN1S(=O)(=O)c1cccs1. The van der Waals surface area contributed by atoms with Crippen LogP contribution in [0, 0.1) is 0 Å². The smallest absolute Gasteiger partial charge is 0.304 e. The molecule has 2 heterocycles.